The fraction of sp³-hybridized carbons (Fsp3) is 0.292. The van der Waals surface area contributed by atoms with E-state index in [4.69, 9.17) is 0 Å². The number of amides is 3. The van der Waals surface area contributed by atoms with Crippen LogP contribution in [0.5, 0.6) is 0 Å². The molecular formula is C24H25N5O3. The van der Waals surface area contributed by atoms with Gasteiger partial charge in [0.2, 0.25) is 5.91 Å². The molecule has 1 aliphatic heterocycles. The highest BCUT2D eigenvalue weighted by molar-refractivity contribution is 6.22. The first-order valence-corrected chi connectivity index (χ1v) is 10.6. The van der Waals surface area contributed by atoms with E-state index in [1.165, 1.54) is 6.33 Å². The second-order valence-electron chi connectivity index (χ2n) is 8.33. The van der Waals surface area contributed by atoms with E-state index in [1.807, 2.05) is 45.0 Å². The van der Waals surface area contributed by atoms with Crippen molar-refractivity contribution in [1.82, 2.24) is 25.0 Å². The second kappa shape index (κ2) is 8.74. The van der Waals surface area contributed by atoms with Gasteiger partial charge >= 0.3 is 0 Å². The van der Waals surface area contributed by atoms with Gasteiger partial charge in [0.15, 0.2) is 0 Å². The van der Waals surface area contributed by atoms with E-state index >= 15 is 0 Å². The second-order valence-corrected chi connectivity index (χ2v) is 8.33. The minimum atomic E-state index is -0.876. The van der Waals surface area contributed by atoms with Gasteiger partial charge in [0, 0.05) is 0 Å². The molecule has 2 atom stereocenters. The maximum absolute atomic E-state index is 13.3. The number of carbonyl (C=O) groups is 3. The lowest BCUT2D eigenvalue weighted by Crippen LogP contribution is -2.50. The fourth-order valence-corrected chi connectivity index (χ4v) is 3.92. The third-order valence-corrected chi connectivity index (χ3v) is 5.57. The van der Waals surface area contributed by atoms with Gasteiger partial charge in [-0.15, -0.1) is 0 Å². The lowest BCUT2D eigenvalue weighted by molar-refractivity contribution is -0.126. The largest absolute Gasteiger partial charge is 0.348 e. The smallest absolute Gasteiger partial charge is 0.262 e. The predicted molar refractivity (Wildman–Crippen MR) is 118 cm³/mol. The monoisotopic (exact) mass is 431 g/mol. The van der Waals surface area contributed by atoms with E-state index in [0.29, 0.717) is 17.5 Å². The first-order valence-electron chi connectivity index (χ1n) is 10.6. The van der Waals surface area contributed by atoms with Crippen LogP contribution in [-0.2, 0) is 4.79 Å². The van der Waals surface area contributed by atoms with Gasteiger partial charge in [0.05, 0.1) is 22.9 Å². The van der Waals surface area contributed by atoms with Crippen molar-refractivity contribution < 1.29 is 14.4 Å². The van der Waals surface area contributed by atoms with Crippen LogP contribution in [0.25, 0.3) is 5.69 Å². The van der Waals surface area contributed by atoms with Crippen molar-refractivity contribution in [1.29, 1.82) is 0 Å². The highest BCUT2D eigenvalue weighted by atomic mass is 16.2. The summed E-state index contributed by atoms with van der Waals surface area (Å²) in [6.45, 7) is 5.80. The Bertz CT molecular complexity index is 1100. The number of hydrogen-bond donors (Lipinski definition) is 1. The van der Waals surface area contributed by atoms with Crippen molar-refractivity contribution in [3.05, 3.63) is 77.9 Å². The van der Waals surface area contributed by atoms with E-state index in [2.05, 4.69) is 15.4 Å². The number of hydrogen-bond acceptors (Lipinski definition) is 5. The lowest BCUT2D eigenvalue weighted by Gasteiger charge is -2.28. The molecule has 1 N–H and O–H groups in total. The summed E-state index contributed by atoms with van der Waals surface area (Å²) in [4.78, 5) is 44.2. The summed E-state index contributed by atoms with van der Waals surface area (Å²) < 4.78 is 1.65. The zero-order chi connectivity index (χ0) is 22.8. The Kier molecular flexibility index (Phi) is 5.85. The Labute approximate surface area is 186 Å². The molecule has 0 radical (unpaired) electrons. The van der Waals surface area contributed by atoms with E-state index in [0.717, 1.165) is 16.2 Å². The molecule has 2 aromatic carbocycles. The Morgan fingerprint density at radius 2 is 1.59 bits per heavy atom. The zero-order valence-electron chi connectivity index (χ0n) is 18.2. The molecule has 8 nitrogen and oxygen atoms in total. The molecule has 164 valence electrons. The molecule has 0 saturated carbocycles. The first-order chi connectivity index (χ1) is 15.4. The number of nitrogens with zero attached hydrogens (tertiary/aromatic N) is 4. The Balaban J connectivity index is 1.52. The van der Waals surface area contributed by atoms with Crippen molar-refractivity contribution >= 4 is 17.7 Å². The molecule has 1 aliphatic rings. The van der Waals surface area contributed by atoms with Gasteiger partial charge in [0.1, 0.15) is 18.7 Å². The number of imide groups is 1. The van der Waals surface area contributed by atoms with E-state index < -0.39 is 17.9 Å². The van der Waals surface area contributed by atoms with Crippen molar-refractivity contribution in [2.75, 3.05) is 0 Å². The van der Waals surface area contributed by atoms with Crippen molar-refractivity contribution in [2.24, 2.45) is 5.92 Å². The van der Waals surface area contributed by atoms with Crippen molar-refractivity contribution in [2.45, 2.75) is 39.3 Å². The third kappa shape index (κ3) is 4.03. The predicted octanol–water partition coefficient (Wildman–Crippen LogP) is 3.16. The van der Waals surface area contributed by atoms with Crippen LogP contribution in [-0.4, -0.2) is 43.4 Å². The average molecular weight is 431 g/mol. The summed E-state index contributed by atoms with van der Waals surface area (Å²) in [6.07, 6.45) is 3.46. The van der Waals surface area contributed by atoms with Crippen LogP contribution in [0.3, 0.4) is 0 Å². The number of benzene rings is 2. The number of carbonyl (C=O) groups excluding carboxylic acids is 3. The molecule has 0 fully saturated rings. The third-order valence-electron chi connectivity index (χ3n) is 5.57. The van der Waals surface area contributed by atoms with Crippen molar-refractivity contribution in [3.63, 3.8) is 0 Å². The molecule has 32 heavy (non-hydrogen) atoms. The van der Waals surface area contributed by atoms with Gasteiger partial charge in [-0.2, -0.15) is 5.10 Å². The van der Waals surface area contributed by atoms with Gasteiger partial charge in [-0.3, -0.25) is 19.3 Å². The summed E-state index contributed by atoms with van der Waals surface area (Å²) in [7, 11) is 0. The molecule has 4 rings (SSSR count). The zero-order valence-corrected chi connectivity index (χ0v) is 18.2. The number of fused-ring (bicyclic) bond motifs is 1. The quantitative estimate of drug-likeness (QED) is 0.580. The molecule has 2 heterocycles. The minimum absolute atomic E-state index is 0.118. The molecule has 0 bridgehead atoms. The van der Waals surface area contributed by atoms with Gasteiger partial charge in [-0.1, -0.05) is 38.1 Å². The standard InChI is InChI=1S/C24H25N5O3/c1-15(2)12-21(29-23(31)19-6-4-5-7-20(19)24(29)32)22(30)27-16(3)17-8-10-18(11-9-17)28-14-25-13-26-28/h4-11,13-16,21H,12H2,1-3H3,(H,27,30). The van der Waals surface area contributed by atoms with E-state index in [9.17, 15) is 14.4 Å². The van der Waals surface area contributed by atoms with Gasteiger partial charge in [0.25, 0.3) is 11.8 Å². The highest BCUT2D eigenvalue weighted by Gasteiger charge is 2.42. The SMILES string of the molecule is CC(C)CC(C(=O)NC(C)c1ccc(-n2cncn2)cc1)N1C(=O)c2ccccc2C1=O. The lowest BCUT2D eigenvalue weighted by atomic mass is 10.0. The number of rotatable bonds is 7. The van der Waals surface area contributed by atoms with Crippen LogP contribution in [0.1, 0.15) is 59.5 Å². The summed E-state index contributed by atoms with van der Waals surface area (Å²) in [5, 5.41) is 7.08. The van der Waals surface area contributed by atoms with Crippen LogP contribution in [0.15, 0.2) is 61.2 Å². The molecule has 1 aromatic heterocycles. The van der Waals surface area contributed by atoms with Crippen LogP contribution in [0.2, 0.25) is 0 Å². The van der Waals surface area contributed by atoms with E-state index in [-0.39, 0.29) is 17.9 Å². The topological polar surface area (TPSA) is 97.2 Å². The molecule has 8 heteroatoms. The molecule has 0 saturated heterocycles. The van der Waals surface area contributed by atoms with Crippen LogP contribution in [0.4, 0.5) is 0 Å². The molecule has 0 spiro atoms. The molecule has 3 aromatic rings. The summed E-state index contributed by atoms with van der Waals surface area (Å²) in [6, 6.07) is 13.1. The Morgan fingerprint density at radius 3 is 2.12 bits per heavy atom. The van der Waals surface area contributed by atoms with Crippen LogP contribution < -0.4 is 5.32 Å². The minimum Gasteiger partial charge on any atom is -0.348 e. The van der Waals surface area contributed by atoms with Gasteiger partial charge in [-0.25, -0.2) is 9.67 Å². The first kappa shape index (κ1) is 21.4. The summed E-state index contributed by atoms with van der Waals surface area (Å²) in [5.74, 6) is -1.07. The van der Waals surface area contributed by atoms with Gasteiger partial charge in [-0.05, 0) is 49.1 Å². The normalized spacial score (nSPS) is 15.1. The van der Waals surface area contributed by atoms with E-state index in [1.54, 1.807) is 35.3 Å². The summed E-state index contributed by atoms with van der Waals surface area (Å²) >= 11 is 0. The van der Waals surface area contributed by atoms with Crippen LogP contribution in [0, 0.1) is 5.92 Å². The fourth-order valence-electron chi connectivity index (χ4n) is 3.92. The average Bonchev–Trinajstić information content (AvgIpc) is 3.40. The number of aromatic nitrogens is 3. The maximum atomic E-state index is 13.3. The van der Waals surface area contributed by atoms with Gasteiger partial charge < -0.3 is 5.32 Å². The Hall–Kier alpha value is -3.81. The molecule has 2 unspecified atom stereocenters. The maximum Gasteiger partial charge on any atom is 0.262 e. The highest BCUT2D eigenvalue weighted by Crippen LogP contribution is 2.27. The molecule has 0 aliphatic carbocycles. The number of nitrogens with one attached hydrogen (secondary N) is 1. The van der Waals surface area contributed by atoms with Crippen molar-refractivity contribution in [3.8, 4) is 5.69 Å². The molecular weight excluding hydrogens is 406 g/mol. The Morgan fingerprint density at radius 1 is 0.969 bits per heavy atom. The summed E-state index contributed by atoms with van der Waals surface area (Å²) in [5.41, 5.74) is 2.44. The molecule has 3 amide bonds. The van der Waals surface area contributed by atoms with Crippen LogP contribution >= 0.6 is 0 Å².